The Morgan fingerprint density at radius 3 is 2.88 bits per heavy atom. The Hall–Kier alpha value is -1.79. The summed E-state index contributed by atoms with van der Waals surface area (Å²) >= 11 is 3.33. The van der Waals surface area contributed by atoms with E-state index in [-0.39, 0.29) is 5.56 Å². The van der Waals surface area contributed by atoms with Crippen LogP contribution in [0.2, 0.25) is 0 Å². The summed E-state index contributed by atoms with van der Waals surface area (Å²) in [6.45, 7) is 2.13. The van der Waals surface area contributed by atoms with Crippen molar-refractivity contribution in [1.82, 2.24) is 9.55 Å². The van der Waals surface area contributed by atoms with Gasteiger partial charge < -0.3 is 5.73 Å². The molecule has 0 saturated heterocycles. The van der Waals surface area contributed by atoms with Gasteiger partial charge in [0.05, 0.1) is 16.8 Å². The number of para-hydroxylation sites is 2. The van der Waals surface area contributed by atoms with E-state index in [1.54, 1.807) is 27.7 Å². The SMILES string of the molecule is CCCSc1nc2sc3c(c2c(=O)n1-c1ccccc1N)CCCC3. The van der Waals surface area contributed by atoms with Crippen LogP contribution in [0.5, 0.6) is 0 Å². The van der Waals surface area contributed by atoms with Crippen molar-refractivity contribution in [2.75, 3.05) is 11.5 Å². The molecular weight excluding hydrogens is 350 g/mol. The third kappa shape index (κ3) is 2.87. The van der Waals surface area contributed by atoms with Crippen molar-refractivity contribution >= 4 is 39.0 Å². The molecule has 0 atom stereocenters. The van der Waals surface area contributed by atoms with E-state index in [1.165, 1.54) is 16.9 Å². The molecular formula is C19H21N3OS2. The average Bonchev–Trinajstić information content (AvgIpc) is 2.99. The van der Waals surface area contributed by atoms with Crippen LogP contribution >= 0.6 is 23.1 Å². The zero-order valence-corrected chi connectivity index (χ0v) is 15.9. The van der Waals surface area contributed by atoms with Crippen molar-refractivity contribution in [3.63, 3.8) is 0 Å². The first kappa shape index (κ1) is 16.7. The van der Waals surface area contributed by atoms with Crippen molar-refractivity contribution in [3.05, 3.63) is 45.1 Å². The van der Waals surface area contributed by atoms with E-state index in [0.29, 0.717) is 5.69 Å². The summed E-state index contributed by atoms with van der Waals surface area (Å²) in [6, 6.07) is 7.54. The number of rotatable bonds is 4. The van der Waals surface area contributed by atoms with Gasteiger partial charge >= 0.3 is 0 Å². The van der Waals surface area contributed by atoms with E-state index in [1.807, 2.05) is 24.3 Å². The molecule has 1 aromatic carbocycles. The first-order chi connectivity index (χ1) is 12.2. The number of thiophene rings is 1. The number of hydrogen-bond acceptors (Lipinski definition) is 5. The van der Waals surface area contributed by atoms with E-state index in [9.17, 15) is 4.79 Å². The smallest absolute Gasteiger partial charge is 0.267 e. The average molecular weight is 372 g/mol. The van der Waals surface area contributed by atoms with Crippen molar-refractivity contribution in [3.8, 4) is 5.69 Å². The first-order valence-corrected chi connectivity index (χ1v) is 10.6. The lowest BCUT2D eigenvalue weighted by atomic mass is 9.97. The highest BCUT2D eigenvalue weighted by Crippen LogP contribution is 2.35. The van der Waals surface area contributed by atoms with Crippen molar-refractivity contribution in [1.29, 1.82) is 0 Å². The minimum absolute atomic E-state index is 0.0286. The highest BCUT2D eigenvalue weighted by atomic mass is 32.2. The summed E-state index contributed by atoms with van der Waals surface area (Å²) in [5, 5.41) is 1.56. The molecule has 0 unspecified atom stereocenters. The fraction of sp³-hybridized carbons (Fsp3) is 0.368. The number of thioether (sulfide) groups is 1. The van der Waals surface area contributed by atoms with E-state index in [0.717, 1.165) is 52.5 Å². The Labute approximate surface area is 155 Å². The number of nitrogens with zero attached hydrogens (tertiary/aromatic N) is 2. The van der Waals surface area contributed by atoms with E-state index < -0.39 is 0 Å². The van der Waals surface area contributed by atoms with Gasteiger partial charge in [-0.2, -0.15) is 0 Å². The lowest BCUT2D eigenvalue weighted by Crippen LogP contribution is -2.23. The summed E-state index contributed by atoms with van der Waals surface area (Å²) in [5.74, 6) is 0.926. The van der Waals surface area contributed by atoms with Gasteiger partial charge in [0.25, 0.3) is 5.56 Å². The standard InChI is InChI=1S/C19H21N3OS2/c1-2-11-24-19-21-17-16(12-7-3-6-10-15(12)25-17)18(23)22(19)14-9-5-4-8-13(14)20/h4-5,8-9H,2-3,6-7,10-11,20H2,1H3. The predicted molar refractivity (Wildman–Crippen MR) is 107 cm³/mol. The topological polar surface area (TPSA) is 60.9 Å². The normalized spacial score (nSPS) is 14.0. The molecule has 0 radical (unpaired) electrons. The largest absolute Gasteiger partial charge is 0.397 e. The minimum Gasteiger partial charge on any atom is -0.397 e. The Kier molecular flexibility index (Phi) is 4.56. The van der Waals surface area contributed by atoms with E-state index in [2.05, 4.69) is 6.92 Å². The highest BCUT2D eigenvalue weighted by Gasteiger charge is 2.23. The van der Waals surface area contributed by atoms with Crippen LogP contribution in [0.4, 0.5) is 5.69 Å². The lowest BCUT2D eigenvalue weighted by Gasteiger charge is -2.14. The number of nitrogens with two attached hydrogens (primary N) is 1. The molecule has 3 aromatic rings. The molecule has 0 bridgehead atoms. The summed E-state index contributed by atoms with van der Waals surface area (Å²) < 4.78 is 1.72. The number of nitrogen functional groups attached to an aromatic ring is 1. The van der Waals surface area contributed by atoms with Gasteiger partial charge in [-0.05, 0) is 49.8 Å². The summed E-state index contributed by atoms with van der Waals surface area (Å²) in [4.78, 5) is 20.6. The van der Waals surface area contributed by atoms with Gasteiger partial charge in [0.15, 0.2) is 5.16 Å². The fourth-order valence-corrected chi connectivity index (χ4v) is 5.54. The van der Waals surface area contributed by atoms with Crippen molar-refractivity contribution in [2.24, 2.45) is 0 Å². The summed E-state index contributed by atoms with van der Waals surface area (Å²) in [7, 11) is 0. The highest BCUT2D eigenvalue weighted by molar-refractivity contribution is 7.99. The maximum atomic E-state index is 13.5. The summed E-state index contributed by atoms with van der Waals surface area (Å²) in [6.07, 6.45) is 5.44. The first-order valence-electron chi connectivity index (χ1n) is 8.75. The molecule has 1 aliphatic rings. The molecule has 2 aromatic heterocycles. The zero-order chi connectivity index (χ0) is 17.4. The number of fused-ring (bicyclic) bond motifs is 3. The second-order valence-electron chi connectivity index (χ2n) is 6.33. The third-order valence-electron chi connectivity index (χ3n) is 4.57. The van der Waals surface area contributed by atoms with Gasteiger partial charge in [-0.3, -0.25) is 9.36 Å². The monoisotopic (exact) mass is 371 g/mol. The Balaban J connectivity index is 2.03. The van der Waals surface area contributed by atoms with Crippen molar-refractivity contribution in [2.45, 2.75) is 44.2 Å². The van der Waals surface area contributed by atoms with Crippen LogP contribution in [0.1, 0.15) is 36.6 Å². The number of benzene rings is 1. The maximum absolute atomic E-state index is 13.5. The number of aromatic nitrogens is 2. The van der Waals surface area contributed by atoms with Crippen molar-refractivity contribution < 1.29 is 0 Å². The van der Waals surface area contributed by atoms with Gasteiger partial charge in [0.2, 0.25) is 0 Å². The maximum Gasteiger partial charge on any atom is 0.267 e. The van der Waals surface area contributed by atoms with E-state index in [4.69, 9.17) is 10.7 Å². The molecule has 4 rings (SSSR count). The van der Waals surface area contributed by atoms with Crippen LogP contribution in [0.25, 0.3) is 15.9 Å². The van der Waals surface area contributed by atoms with Gasteiger partial charge in [0.1, 0.15) is 4.83 Å². The van der Waals surface area contributed by atoms with Gasteiger partial charge in [-0.15, -0.1) is 11.3 Å². The zero-order valence-electron chi connectivity index (χ0n) is 14.2. The molecule has 6 heteroatoms. The molecule has 4 nitrogen and oxygen atoms in total. The molecule has 25 heavy (non-hydrogen) atoms. The quantitative estimate of drug-likeness (QED) is 0.419. The van der Waals surface area contributed by atoms with Crippen LogP contribution in [0.15, 0.2) is 34.2 Å². The Morgan fingerprint density at radius 1 is 1.28 bits per heavy atom. The molecule has 0 aliphatic heterocycles. The van der Waals surface area contributed by atoms with Crippen LogP contribution in [0, 0.1) is 0 Å². The summed E-state index contributed by atoms with van der Waals surface area (Å²) in [5.41, 5.74) is 8.77. The van der Waals surface area contributed by atoms with Gasteiger partial charge in [-0.1, -0.05) is 30.8 Å². The molecule has 0 amide bonds. The molecule has 1 aliphatic carbocycles. The number of anilines is 1. The Morgan fingerprint density at radius 2 is 2.08 bits per heavy atom. The molecule has 2 N–H and O–H groups in total. The Bertz CT molecular complexity index is 990. The van der Waals surface area contributed by atoms with Crippen LogP contribution in [0.3, 0.4) is 0 Å². The molecule has 2 heterocycles. The molecule has 0 saturated carbocycles. The number of hydrogen-bond donors (Lipinski definition) is 1. The lowest BCUT2D eigenvalue weighted by molar-refractivity contribution is 0.699. The van der Waals surface area contributed by atoms with Crippen LogP contribution < -0.4 is 11.3 Å². The predicted octanol–water partition coefficient (Wildman–Crippen LogP) is 4.41. The van der Waals surface area contributed by atoms with Gasteiger partial charge in [0, 0.05) is 10.6 Å². The van der Waals surface area contributed by atoms with Crippen LogP contribution in [-0.4, -0.2) is 15.3 Å². The molecule has 130 valence electrons. The third-order valence-corrected chi connectivity index (χ3v) is 6.90. The minimum atomic E-state index is 0.0286. The van der Waals surface area contributed by atoms with Crippen LogP contribution in [-0.2, 0) is 12.8 Å². The van der Waals surface area contributed by atoms with Gasteiger partial charge in [-0.25, -0.2) is 4.98 Å². The number of aryl methyl sites for hydroxylation is 2. The fourth-order valence-electron chi connectivity index (χ4n) is 3.38. The molecule has 0 spiro atoms. The molecule has 0 fully saturated rings. The second-order valence-corrected chi connectivity index (χ2v) is 8.48. The second kappa shape index (κ2) is 6.84. The van der Waals surface area contributed by atoms with E-state index >= 15 is 0 Å².